The van der Waals surface area contributed by atoms with Crippen LogP contribution in [0.1, 0.15) is 70.0 Å². The van der Waals surface area contributed by atoms with E-state index in [1.54, 1.807) is 11.8 Å². The first-order valence-electron chi connectivity index (χ1n) is 14.6. The van der Waals surface area contributed by atoms with E-state index < -0.39 is 6.04 Å². The third kappa shape index (κ3) is 6.31. The number of thioether (sulfide) groups is 1. The van der Waals surface area contributed by atoms with E-state index in [2.05, 4.69) is 43.4 Å². The van der Waals surface area contributed by atoms with Crippen molar-refractivity contribution in [2.24, 2.45) is 10.9 Å². The lowest BCUT2D eigenvalue weighted by molar-refractivity contribution is -0.151. The Morgan fingerprint density at radius 1 is 1.10 bits per heavy atom. The first kappa shape index (κ1) is 29.6. The molecule has 0 aliphatic carbocycles. The molecule has 0 unspecified atom stereocenters. The number of amides is 2. The second-order valence-corrected chi connectivity index (χ2v) is 12.0. The zero-order valence-electron chi connectivity index (χ0n) is 24.6. The van der Waals surface area contributed by atoms with Gasteiger partial charge in [-0.3, -0.25) is 14.4 Å². The highest BCUT2D eigenvalue weighted by Crippen LogP contribution is 2.45. The highest BCUT2D eigenvalue weighted by Gasteiger charge is 2.41. The zero-order valence-corrected chi connectivity index (χ0v) is 25.4. The third-order valence-electron chi connectivity index (χ3n) is 7.92. The van der Waals surface area contributed by atoms with Gasteiger partial charge in [0.05, 0.1) is 36.3 Å². The monoisotopic (exact) mass is 586 g/mol. The lowest BCUT2D eigenvalue weighted by Crippen LogP contribution is -2.44. The van der Waals surface area contributed by atoms with Crippen molar-refractivity contribution >= 4 is 40.4 Å². The Labute approximate surface area is 251 Å². The molecule has 2 amide bonds. The number of amidine groups is 1. The van der Waals surface area contributed by atoms with E-state index in [0.29, 0.717) is 42.6 Å². The lowest BCUT2D eigenvalue weighted by atomic mass is 9.91. The van der Waals surface area contributed by atoms with Crippen LogP contribution in [0.4, 0.5) is 5.69 Å². The molecule has 0 radical (unpaired) electrons. The van der Waals surface area contributed by atoms with Gasteiger partial charge in [0.25, 0.3) is 5.91 Å². The van der Waals surface area contributed by atoms with Crippen molar-refractivity contribution in [3.8, 4) is 0 Å². The van der Waals surface area contributed by atoms with Crippen molar-refractivity contribution in [2.75, 3.05) is 25.0 Å². The van der Waals surface area contributed by atoms with Crippen LogP contribution in [0, 0.1) is 5.92 Å². The van der Waals surface area contributed by atoms with Gasteiger partial charge >= 0.3 is 5.97 Å². The number of nitrogens with one attached hydrogen (secondary N) is 1. The fourth-order valence-corrected chi connectivity index (χ4v) is 6.65. The summed E-state index contributed by atoms with van der Waals surface area (Å²) in [6, 6.07) is 17.3. The normalized spacial score (nSPS) is 20.2. The van der Waals surface area contributed by atoms with Gasteiger partial charge in [-0.2, -0.15) is 0 Å². The quantitative estimate of drug-likeness (QED) is 0.370. The van der Waals surface area contributed by atoms with Crippen LogP contribution in [0.15, 0.2) is 82.0 Å². The maximum Gasteiger partial charge on any atom is 0.310 e. The van der Waals surface area contributed by atoms with Gasteiger partial charge in [-0.1, -0.05) is 68.1 Å². The summed E-state index contributed by atoms with van der Waals surface area (Å²) in [7, 11) is 0. The molecular formula is C33H38N4O4S. The molecule has 3 aliphatic rings. The molecule has 220 valence electrons. The zero-order chi connectivity index (χ0) is 29.8. The number of nitrogens with zero attached hydrogens (tertiary/aromatic N) is 3. The van der Waals surface area contributed by atoms with Gasteiger partial charge in [-0.15, -0.1) is 0 Å². The van der Waals surface area contributed by atoms with Crippen molar-refractivity contribution < 1.29 is 19.1 Å². The Balaban J connectivity index is 1.44. The predicted molar refractivity (Wildman–Crippen MR) is 167 cm³/mol. The molecule has 3 aliphatic heterocycles. The van der Waals surface area contributed by atoms with Crippen LogP contribution in [-0.4, -0.2) is 52.4 Å². The van der Waals surface area contributed by atoms with Crippen LogP contribution < -0.4 is 5.32 Å². The standard InChI is InChI=1S/C33H38N4O4S/c1-5-41-32(40)25-10-9-17-36(19-25)28(38)18-27-20-42-33-34-22(4)29(31(39)35-26-11-7-6-8-12-26)30(37(27)33)24-15-13-23(14-16-24)21(2)3/h6-8,11-16,20-21,25,30H,5,9-10,17-19H2,1-4H3,(H,35,39)/t25-,30+/m1/s1. The Morgan fingerprint density at radius 3 is 2.52 bits per heavy atom. The third-order valence-corrected chi connectivity index (χ3v) is 8.81. The summed E-state index contributed by atoms with van der Waals surface area (Å²) in [5.74, 6) is -0.439. The summed E-state index contributed by atoms with van der Waals surface area (Å²) in [6.45, 7) is 9.27. The van der Waals surface area contributed by atoms with Gasteiger partial charge in [0, 0.05) is 24.5 Å². The Bertz CT molecular complexity index is 1430. The highest BCUT2D eigenvalue weighted by atomic mass is 32.2. The first-order valence-corrected chi connectivity index (χ1v) is 15.5. The van der Waals surface area contributed by atoms with E-state index in [0.717, 1.165) is 29.3 Å². The second-order valence-electron chi connectivity index (χ2n) is 11.1. The van der Waals surface area contributed by atoms with Crippen molar-refractivity contribution in [1.29, 1.82) is 0 Å². The minimum Gasteiger partial charge on any atom is -0.466 e. The average Bonchev–Trinajstić information content (AvgIpc) is 3.38. The molecule has 0 spiro atoms. The summed E-state index contributed by atoms with van der Waals surface area (Å²) in [5, 5.41) is 5.75. The van der Waals surface area contributed by atoms with Gasteiger partial charge < -0.3 is 19.9 Å². The van der Waals surface area contributed by atoms with E-state index >= 15 is 0 Å². The van der Waals surface area contributed by atoms with E-state index in [-0.39, 0.29) is 30.1 Å². The average molecular weight is 587 g/mol. The van der Waals surface area contributed by atoms with Crippen LogP contribution in [0.5, 0.6) is 0 Å². The van der Waals surface area contributed by atoms with Gasteiger partial charge in [0.1, 0.15) is 0 Å². The number of hydrogen-bond acceptors (Lipinski definition) is 7. The topological polar surface area (TPSA) is 91.3 Å². The number of fused-ring (bicyclic) bond motifs is 1. The molecule has 0 aromatic heterocycles. The van der Waals surface area contributed by atoms with Crippen molar-refractivity contribution in [1.82, 2.24) is 9.80 Å². The Hall–Kier alpha value is -3.85. The number of aliphatic imine (C=N–C) groups is 1. The Morgan fingerprint density at radius 2 is 1.83 bits per heavy atom. The fourth-order valence-electron chi connectivity index (χ4n) is 5.68. The predicted octanol–water partition coefficient (Wildman–Crippen LogP) is 6.22. The number of hydrogen-bond donors (Lipinski definition) is 1. The van der Waals surface area contributed by atoms with Crippen LogP contribution in [0.25, 0.3) is 0 Å². The molecule has 1 fully saturated rings. The summed E-state index contributed by atoms with van der Waals surface area (Å²) < 4.78 is 5.23. The second kappa shape index (κ2) is 13.0. The number of esters is 1. The molecule has 0 bridgehead atoms. The van der Waals surface area contributed by atoms with Gasteiger partial charge in [0.15, 0.2) is 5.17 Å². The summed E-state index contributed by atoms with van der Waals surface area (Å²) in [5.41, 5.74) is 4.84. The Kier molecular flexibility index (Phi) is 9.16. The molecule has 0 saturated carbocycles. The molecule has 2 aromatic carbocycles. The number of likely N-dealkylation sites (tertiary alicyclic amines) is 1. The van der Waals surface area contributed by atoms with Gasteiger partial charge in [-0.25, -0.2) is 4.99 Å². The molecule has 42 heavy (non-hydrogen) atoms. The van der Waals surface area contributed by atoms with Gasteiger partial charge in [-0.05, 0) is 61.3 Å². The molecule has 3 heterocycles. The van der Waals surface area contributed by atoms with Crippen molar-refractivity contribution in [2.45, 2.75) is 58.9 Å². The number of piperidine rings is 1. The van der Waals surface area contributed by atoms with E-state index in [9.17, 15) is 14.4 Å². The number of carbonyl (C=O) groups is 3. The summed E-state index contributed by atoms with van der Waals surface area (Å²) >= 11 is 1.47. The largest absolute Gasteiger partial charge is 0.466 e. The molecular weight excluding hydrogens is 548 g/mol. The molecule has 8 nitrogen and oxygen atoms in total. The number of anilines is 1. The minimum atomic E-state index is -0.454. The number of para-hydroxylation sites is 1. The van der Waals surface area contributed by atoms with E-state index in [1.807, 2.05) is 47.6 Å². The van der Waals surface area contributed by atoms with E-state index in [1.165, 1.54) is 17.3 Å². The van der Waals surface area contributed by atoms with Crippen molar-refractivity contribution in [3.63, 3.8) is 0 Å². The van der Waals surface area contributed by atoms with E-state index in [4.69, 9.17) is 9.73 Å². The molecule has 1 saturated heterocycles. The highest BCUT2D eigenvalue weighted by molar-refractivity contribution is 8.16. The number of ether oxygens (including phenoxy) is 1. The smallest absolute Gasteiger partial charge is 0.310 e. The van der Waals surface area contributed by atoms with Crippen LogP contribution in [0.3, 0.4) is 0 Å². The number of benzene rings is 2. The van der Waals surface area contributed by atoms with Crippen LogP contribution in [0.2, 0.25) is 0 Å². The number of carbonyl (C=O) groups excluding carboxylic acids is 3. The number of allylic oxidation sites excluding steroid dienone is 1. The fraction of sp³-hybridized carbons (Fsp3) is 0.394. The van der Waals surface area contributed by atoms with Crippen LogP contribution >= 0.6 is 11.8 Å². The maximum absolute atomic E-state index is 13.8. The minimum absolute atomic E-state index is 0.0485. The van der Waals surface area contributed by atoms with Crippen LogP contribution in [-0.2, 0) is 19.1 Å². The molecule has 2 aromatic rings. The van der Waals surface area contributed by atoms with Crippen molar-refractivity contribution in [3.05, 3.63) is 88.1 Å². The summed E-state index contributed by atoms with van der Waals surface area (Å²) in [4.78, 5) is 48.5. The van der Waals surface area contributed by atoms with Gasteiger partial charge in [0.2, 0.25) is 5.91 Å². The first-order chi connectivity index (χ1) is 20.3. The molecule has 9 heteroatoms. The SMILES string of the molecule is CCOC(=O)[C@@H]1CCCN(C(=O)CC2=CSC3=NC(C)=C(C(=O)Nc4ccccc4)[C@H](c4ccc(C(C)C)cc4)N23)C1. The molecule has 1 N–H and O–H groups in total. The molecule has 2 atom stereocenters. The lowest BCUT2D eigenvalue weighted by Gasteiger charge is -2.37. The molecule has 5 rings (SSSR count). The number of rotatable bonds is 8. The summed E-state index contributed by atoms with van der Waals surface area (Å²) in [6.07, 6.45) is 1.63. The maximum atomic E-state index is 13.8.